The molecule has 2 heterocycles. The molecule has 0 saturated heterocycles. The molecule has 4 rings (SSSR count). The van der Waals surface area contributed by atoms with Crippen LogP contribution in [0.2, 0.25) is 0 Å². The zero-order valence-electron chi connectivity index (χ0n) is 23.7. The molecule has 1 aromatic carbocycles. The Morgan fingerprint density at radius 1 is 1.08 bits per heavy atom. The average molecular weight is 554 g/mol. The topological polar surface area (TPSA) is 90.5 Å². The highest BCUT2D eigenvalue weighted by molar-refractivity contribution is 7.04. The Balaban J connectivity index is 1.17. The molecule has 3 aromatic rings. The third kappa shape index (κ3) is 7.38. The molecule has 0 aliphatic heterocycles. The maximum absolute atomic E-state index is 12.6. The van der Waals surface area contributed by atoms with Gasteiger partial charge < -0.3 is 10.1 Å². The van der Waals surface area contributed by atoms with Gasteiger partial charge >= 0.3 is 11.8 Å². The van der Waals surface area contributed by atoms with Crippen molar-refractivity contribution < 1.29 is 9.53 Å². The van der Waals surface area contributed by atoms with Crippen LogP contribution in [-0.4, -0.2) is 39.3 Å². The summed E-state index contributed by atoms with van der Waals surface area (Å²) in [7, 11) is 0. The third-order valence-electron chi connectivity index (χ3n) is 7.26. The van der Waals surface area contributed by atoms with Gasteiger partial charge in [0, 0.05) is 35.9 Å². The molecular weight excluding hydrogens is 510 g/mol. The summed E-state index contributed by atoms with van der Waals surface area (Å²) in [5, 5.41) is 5.03. The van der Waals surface area contributed by atoms with Crippen molar-refractivity contribution in [2.45, 2.75) is 97.4 Å². The van der Waals surface area contributed by atoms with E-state index in [2.05, 4.69) is 34.6 Å². The van der Waals surface area contributed by atoms with E-state index in [9.17, 15) is 9.59 Å². The standard InChI is InChI=1S/C30H43N5O3S/c1-4-38-30(37)35-29(36)34(22(2)3)28(39-35)32-21-15-9-7-5-6-8-14-20-31-27-23-16-10-12-18-25(23)33-26-19-13-11-17-24(26)27/h10,12,16,18,22H,4-9,11,13-15,17,19-21H2,1-3H3,(H,31,33). The first-order valence-electron chi connectivity index (χ1n) is 14.7. The number of aryl methyl sites for hydroxylation is 1. The summed E-state index contributed by atoms with van der Waals surface area (Å²) < 4.78 is 7.62. The van der Waals surface area contributed by atoms with E-state index in [1.54, 1.807) is 11.5 Å². The monoisotopic (exact) mass is 553 g/mol. The van der Waals surface area contributed by atoms with Gasteiger partial charge in [0.05, 0.1) is 12.1 Å². The van der Waals surface area contributed by atoms with Crippen LogP contribution in [-0.2, 0) is 17.6 Å². The number of anilines is 1. The van der Waals surface area contributed by atoms with Gasteiger partial charge in [0.15, 0.2) is 0 Å². The van der Waals surface area contributed by atoms with Crippen LogP contribution < -0.4 is 15.8 Å². The van der Waals surface area contributed by atoms with E-state index in [0.717, 1.165) is 53.2 Å². The Morgan fingerprint density at radius 3 is 2.56 bits per heavy atom. The average Bonchev–Trinajstić information content (AvgIpc) is 3.27. The first-order valence-corrected chi connectivity index (χ1v) is 15.5. The molecule has 0 spiro atoms. The Kier molecular flexibility index (Phi) is 10.8. The summed E-state index contributed by atoms with van der Waals surface area (Å²) in [6.45, 7) is 7.46. The van der Waals surface area contributed by atoms with Gasteiger partial charge in [-0.1, -0.05) is 50.3 Å². The van der Waals surface area contributed by atoms with E-state index in [0.29, 0.717) is 11.3 Å². The number of unbranched alkanes of at least 4 members (excludes halogenated alkanes) is 6. The number of fused-ring (bicyclic) bond motifs is 2. The van der Waals surface area contributed by atoms with Crippen molar-refractivity contribution in [1.82, 2.24) is 13.5 Å². The van der Waals surface area contributed by atoms with Crippen LogP contribution in [0.1, 0.15) is 95.9 Å². The molecule has 2 aromatic heterocycles. The fourth-order valence-electron chi connectivity index (χ4n) is 5.27. The van der Waals surface area contributed by atoms with Crippen molar-refractivity contribution in [3.8, 4) is 0 Å². The smallest absolute Gasteiger partial charge is 0.432 e. The number of rotatable bonds is 13. The van der Waals surface area contributed by atoms with Gasteiger partial charge in [-0.05, 0) is 82.5 Å². The lowest BCUT2D eigenvalue weighted by Gasteiger charge is -2.21. The lowest BCUT2D eigenvalue weighted by Crippen LogP contribution is -2.33. The van der Waals surface area contributed by atoms with Gasteiger partial charge in [0.1, 0.15) is 0 Å². The Morgan fingerprint density at radius 2 is 1.79 bits per heavy atom. The second-order valence-electron chi connectivity index (χ2n) is 10.5. The summed E-state index contributed by atoms with van der Waals surface area (Å²) in [4.78, 5) is 34.8. The van der Waals surface area contributed by atoms with Gasteiger partial charge in [-0.25, -0.2) is 9.59 Å². The second kappa shape index (κ2) is 14.4. The molecule has 0 atom stereocenters. The van der Waals surface area contributed by atoms with E-state index < -0.39 is 6.09 Å². The molecule has 1 N–H and O–H groups in total. The fraction of sp³-hybridized carbons (Fsp3) is 0.600. The molecule has 9 heteroatoms. The number of carbonyl (C=O) groups is 1. The minimum absolute atomic E-state index is 0.0691. The number of hydrogen-bond donors (Lipinski definition) is 1. The normalized spacial score (nSPS) is 13.7. The highest BCUT2D eigenvalue weighted by atomic mass is 32.1. The fourth-order valence-corrected chi connectivity index (χ4v) is 6.25. The summed E-state index contributed by atoms with van der Waals surface area (Å²) in [6.07, 6.45) is 12.3. The van der Waals surface area contributed by atoms with Crippen molar-refractivity contribution >= 4 is 34.2 Å². The van der Waals surface area contributed by atoms with Crippen molar-refractivity contribution in [1.29, 1.82) is 0 Å². The number of para-hydroxylation sites is 1. The molecule has 0 unspecified atom stereocenters. The van der Waals surface area contributed by atoms with Gasteiger partial charge in [0.25, 0.3) is 0 Å². The lowest BCUT2D eigenvalue weighted by molar-refractivity contribution is 0.155. The molecule has 0 amide bonds. The number of hydrogen-bond acceptors (Lipinski definition) is 7. The number of nitrogens with one attached hydrogen (secondary N) is 1. The van der Waals surface area contributed by atoms with E-state index in [1.165, 1.54) is 67.3 Å². The minimum atomic E-state index is -0.632. The van der Waals surface area contributed by atoms with E-state index in [4.69, 9.17) is 9.72 Å². The summed E-state index contributed by atoms with van der Waals surface area (Å²) in [5.41, 5.74) is 4.78. The van der Waals surface area contributed by atoms with E-state index in [-0.39, 0.29) is 18.3 Å². The second-order valence-corrected chi connectivity index (χ2v) is 11.4. The Labute approximate surface area is 235 Å². The predicted molar refractivity (Wildman–Crippen MR) is 159 cm³/mol. The van der Waals surface area contributed by atoms with Gasteiger partial charge in [0.2, 0.25) is 4.80 Å². The molecular formula is C30H43N5O3S. The molecule has 8 nitrogen and oxygen atoms in total. The number of nitrogens with zero attached hydrogens (tertiary/aromatic N) is 4. The highest BCUT2D eigenvalue weighted by Gasteiger charge is 2.18. The number of benzene rings is 1. The highest BCUT2D eigenvalue weighted by Crippen LogP contribution is 2.33. The maximum atomic E-state index is 12.6. The molecule has 0 fully saturated rings. The predicted octanol–water partition coefficient (Wildman–Crippen LogP) is 6.47. The van der Waals surface area contributed by atoms with Crippen molar-refractivity contribution in [3.05, 3.63) is 50.8 Å². The van der Waals surface area contributed by atoms with Crippen molar-refractivity contribution in [2.75, 3.05) is 25.0 Å². The van der Waals surface area contributed by atoms with Crippen LogP contribution in [0.4, 0.5) is 10.5 Å². The Bertz CT molecular complexity index is 1370. The maximum Gasteiger partial charge on any atom is 0.432 e. The molecule has 0 radical (unpaired) electrons. The van der Waals surface area contributed by atoms with Crippen LogP contribution in [0.5, 0.6) is 0 Å². The van der Waals surface area contributed by atoms with Gasteiger partial charge in [-0.15, -0.1) is 3.96 Å². The Hall–Kier alpha value is -2.94. The molecule has 0 bridgehead atoms. The molecule has 212 valence electrons. The van der Waals surface area contributed by atoms with Crippen molar-refractivity contribution in [3.63, 3.8) is 0 Å². The minimum Gasteiger partial charge on any atom is -0.449 e. The number of ether oxygens (including phenoxy) is 1. The third-order valence-corrected chi connectivity index (χ3v) is 8.24. The quantitative estimate of drug-likeness (QED) is 0.245. The number of aromatic nitrogens is 3. The van der Waals surface area contributed by atoms with Crippen LogP contribution >= 0.6 is 11.5 Å². The number of pyridine rings is 1. The molecule has 39 heavy (non-hydrogen) atoms. The molecule has 1 aliphatic carbocycles. The zero-order chi connectivity index (χ0) is 27.6. The van der Waals surface area contributed by atoms with E-state index in [1.807, 2.05) is 13.8 Å². The van der Waals surface area contributed by atoms with Crippen LogP contribution in [0.15, 0.2) is 34.1 Å². The molecule has 0 saturated carbocycles. The SMILES string of the molecule is CCOC(=O)n1sc(=NCCCCCCCCCNc2c3c(nc4ccccc24)CCCC3)n(C(C)C)c1=O. The zero-order valence-corrected chi connectivity index (χ0v) is 24.5. The van der Waals surface area contributed by atoms with Gasteiger partial charge in [-0.3, -0.25) is 14.5 Å². The van der Waals surface area contributed by atoms with Crippen molar-refractivity contribution in [2.24, 2.45) is 4.99 Å². The first-order chi connectivity index (χ1) is 19.0. The first kappa shape index (κ1) is 29.1. The largest absolute Gasteiger partial charge is 0.449 e. The lowest BCUT2D eigenvalue weighted by atomic mass is 9.92. The summed E-state index contributed by atoms with van der Waals surface area (Å²) >= 11 is 1.06. The summed E-state index contributed by atoms with van der Waals surface area (Å²) in [5.74, 6) is 0. The number of carbonyl (C=O) groups excluding carboxylic acids is 1. The van der Waals surface area contributed by atoms with Crippen LogP contribution in [0, 0.1) is 0 Å². The molecule has 1 aliphatic rings. The van der Waals surface area contributed by atoms with Gasteiger partial charge in [-0.2, -0.15) is 0 Å². The van der Waals surface area contributed by atoms with E-state index >= 15 is 0 Å². The summed E-state index contributed by atoms with van der Waals surface area (Å²) in [6, 6.07) is 8.45. The van der Waals surface area contributed by atoms with Crippen LogP contribution in [0.25, 0.3) is 10.9 Å². The van der Waals surface area contributed by atoms with Crippen LogP contribution in [0.3, 0.4) is 0 Å².